The van der Waals surface area contributed by atoms with E-state index >= 15 is 0 Å². The van der Waals surface area contributed by atoms with E-state index < -0.39 is 0 Å². The van der Waals surface area contributed by atoms with Gasteiger partial charge in [-0.25, -0.2) is 0 Å². The molecule has 47 heavy (non-hydrogen) atoms. The van der Waals surface area contributed by atoms with Gasteiger partial charge in [0.1, 0.15) is 0 Å². The Morgan fingerprint density at radius 1 is 0.638 bits per heavy atom. The maximum Gasteiger partial charge on any atom is 0.0208 e. The van der Waals surface area contributed by atoms with E-state index in [0.717, 1.165) is 12.8 Å². The first-order valence-electron chi connectivity index (χ1n) is 18.7. The lowest BCUT2D eigenvalue weighted by Crippen LogP contribution is -2.34. The van der Waals surface area contributed by atoms with Gasteiger partial charge in [0.25, 0.3) is 0 Å². The molecule has 4 aliphatic rings. The van der Waals surface area contributed by atoms with E-state index in [1.165, 1.54) is 42.4 Å². The molecule has 3 aromatic carbocycles. The largest absolute Gasteiger partial charge is 0.0622 e. The molecule has 248 valence electrons. The minimum absolute atomic E-state index is 0.165. The van der Waals surface area contributed by atoms with Crippen molar-refractivity contribution in [1.82, 2.24) is 0 Å². The van der Waals surface area contributed by atoms with Crippen molar-refractivity contribution < 1.29 is 0 Å². The van der Waals surface area contributed by atoms with Gasteiger partial charge in [-0.15, -0.1) is 0 Å². The minimum Gasteiger partial charge on any atom is -0.0622 e. The fourth-order valence-electron chi connectivity index (χ4n) is 9.82. The molecule has 0 fully saturated rings. The highest BCUT2D eigenvalue weighted by atomic mass is 14.5. The fourth-order valence-corrected chi connectivity index (χ4v) is 9.82. The average Bonchev–Trinajstić information content (AvgIpc) is 3.57. The van der Waals surface area contributed by atoms with Crippen LogP contribution in [0.4, 0.5) is 0 Å². The molecule has 0 heterocycles. The van der Waals surface area contributed by atoms with Crippen LogP contribution in [0.25, 0.3) is 11.1 Å². The van der Waals surface area contributed by atoms with Gasteiger partial charge < -0.3 is 0 Å². The van der Waals surface area contributed by atoms with Crippen LogP contribution in [0.5, 0.6) is 0 Å². The van der Waals surface area contributed by atoms with E-state index in [2.05, 4.69) is 144 Å². The van der Waals surface area contributed by atoms with Crippen molar-refractivity contribution in [3.8, 4) is 11.1 Å². The SMILES string of the molecule is CCC1=C(C(c2ccccc2)C2c3cc4c(cc3-c3cc5c(cc32)C(C)(C)CCC5(C)C)C(C)(C)CCC4(C)C)CC(C(C)(C)C)=C1. The summed E-state index contributed by atoms with van der Waals surface area (Å²) in [4.78, 5) is 0. The van der Waals surface area contributed by atoms with Crippen LogP contribution >= 0.6 is 0 Å². The van der Waals surface area contributed by atoms with Crippen LogP contribution in [0.2, 0.25) is 0 Å². The van der Waals surface area contributed by atoms with Crippen LogP contribution in [0.3, 0.4) is 0 Å². The van der Waals surface area contributed by atoms with E-state index in [1.807, 2.05) is 0 Å². The first kappa shape index (κ1) is 32.7. The molecular formula is C47H60. The molecule has 0 aliphatic heterocycles. The van der Waals surface area contributed by atoms with Gasteiger partial charge in [-0.2, -0.15) is 0 Å². The van der Waals surface area contributed by atoms with Crippen molar-refractivity contribution in [2.45, 2.75) is 155 Å². The Kier molecular flexibility index (Phi) is 7.35. The minimum atomic E-state index is 0.165. The second kappa shape index (κ2) is 10.6. The summed E-state index contributed by atoms with van der Waals surface area (Å²) in [5.41, 5.74) is 19.7. The van der Waals surface area contributed by atoms with Crippen LogP contribution in [-0.4, -0.2) is 0 Å². The number of rotatable bonds is 4. The highest BCUT2D eigenvalue weighted by Crippen LogP contribution is 2.61. The van der Waals surface area contributed by atoms with Crippen molar-refractivity contribution in [2.75, 3.05) is 0 Å². The molecular weight excluding hydrogens is 565 g/mol. The normalized spacial score (nSPS) is 22.7. The Labute approximate surface area is 287 Å². The smallest absolute Gasteiger partial charge is 0.0208 e. The molecule has 1 atom stereocenters. The van der Waals surface area contributed by atoms with Crippen molar-refractivity contribution in [1.29, 1.82) is 0 Å². The zero-order chi connectivity index (χ0) is 33.9. The number of allylic oxidation sites excluding steroid dienone is 4. The van der Waals surface area contributed by atoms with Crippen LogP contribution in [0, 0.1) is 5.41 Å². The first-order chi connectivity index (χ1) is 21.9. The third-order valence-electron chi connectivity index (χ3n) is 13.4. The molecule has 0 heteroatoms. The summed E-state index contributed by atoms with van der Waals surface area (Å²) in [6, 6.07) is 22.4. The molecule has 0 saturated carbocycles. The Balaban J connectivity index is 1.56. The van der Waals surface area contributed by atoms with Crippen LogP contribution < -0.4 is 0 Å². The molecule has 3 aromatic rings. The summed E-state index contributed by atoms with van der Waals surface area (Å²) in [7, 11) is 0. The number of hydrogen-bond acceptors (Lipinski definition) is 0. The maximum absolute atomic E-state index is 2.72. The standard InChI is InChI=1S/C47H60/c1-13-29-23-31(43(2,3)4)24-32(29)41(30-17-15-14-16-18-30)42-35-27-39-37(44(5,6)19-21-46(39,9)10)25-33(35)34-26-38-40(28-36(34)42)47(11,12)22-20-45(38,7)8/h14-18,23,25-28,41-42H,13,19-22,24H2,1-12H3. The van der Waals surface area contributed by atoms with Crippen LogP contribution in [-0.2, 0) is 21.7 Å². The van der Waals surface area contributed by atoms with E-state index in [0.29, 0.717) is 11.8 Å². The predicted octanol–water partition coefficient (Wildman–Crippen LogP) is 13.4. The van der Waals surface area contributed by atoms with Gasteiger partial charge in [0.2, 0.25) is 0 Å². The molecule has 0 bridgehead atoms. The monoisotopic (exact) mass is 624 g/mol. The molecule has 7 rings (SSSR count). The molecule has 4 aliphatic carbocycles. The molecule has 0 saturated heterocycles. The Hall–Kier alpha value is -2.86. The molecule has 0 spiro atoms. The maximum atomic E-state index is 2.72. The van der Waals surface area contributed by atoms with Gasteiger partial charge in [-0.05, 0) is 121 Å². The fraction of sp³-hybridized carbons (Fsp3) is 0.532. The number of benzene rings is 3. The van der Waals surface area contributed by atoms with E-state index in [-0.39, 0.29) is 27.1 Å². The van der Waals surface area contributed by atoms with Gasteiger partial charge in [0.05, 0.1) is 0 Å². The molecule has 1 unspecified atom stereocenters. The second-order valence-corrected chi connectivity index (χ2v) is 19.4. The average molecular weight is 625 g/mol. The summed E-state index contributed by atoms with van der Waals surface area (Å²) < 4.78 is 0. The van der Waals surface area contributed by atoms with Crippen molar-refractivity contribution >= 4 is 0 Å². The van der Waals surface area contributed by atoms with Gasteiger partial charge >= 0.3 is 0 Å². The molecule has 0 N–H and O–H groups in total. The van der Waals surface area contributed by atoms with Crippen LogP contribution in [0.15, 0.2) is 77.4 Å². The van der Waals surface area contributed by atoms with E-state index in [9.17, 15) is 0 Å². The van der Waals surface area contributed by atoms with Crippen molar-refractivity contribution in [3.63, 3.8) is 0 Å². The quantitative estimate of drug-likeness (QED) is 0.271. The van der Waals surface area contributed by atoms with Gasteiger partial charge in [0, 0.05) is 11.8 Å². The van der Waals surface area contributed by atoms with Crippen LogP contribution in [0.1, 0.15) is 172 Å². The Morgan fingerprint density at radius 3 is 1.47 bits per heavy atom. The third-order valence-corrected chi connectivity index (χ3v) is 13.4. The summed E-state index contributed by atoms with van der Waals surface area (Å²) >= 11 is 0. The first-order valence-corrected chi connectivity index (χ1v) is 18.7. The third kappa shape index (κ3) is 5.14. The predicted molar refractivity (Wildman–Crippen MR) is 203 cm³/mol. The van der Waals surface area contributed by atoms with E-state index in [1.54, 1.807) is 50.1 Å². The second-order valence-electron chi connectivity index (χ2n) is 19.4. The summed E-state index contributed by atoms with van der Waals surface area (Å²) in [6.45, 7) is 29.5. The lowest BCUT2D eigenvalue weighted by Gasteiger charge is -2.42. The molecule has 0 radical (unpaired) electrons. The van der Waals surface area contributed by atoms with Crippen molar-refractivity contribution in [2.24, 2.45) is 5.41 Å². The molecule has 0 aromatic heterocycles. The summed E-state index contributed by atoms with van der Waals surface area (Å²) in [5.74, 6) is 0.599. The highest BCUT2D eigenvalue weighted by molar-refractivity contribution is 5.83. The summed E-state index contributed by atoms with van der Waals surface area (Å²) in [5, 5.41) is 0. The lowest BCUT2D eigenvalue weighted by atomic mass is 9.62. The topological polar surface area (TPSA) is 0 Å². The Bertz CT molecular complexity index is 1720. The molecule has 0 nitrogen and oxygen atoms in total. The van der Waals surface area contributed by atoms with E-state index in [4.69, 9.17) is 0 Å². The number of hydrogen-bond donors (Lipinski definition) is 0. The number of fused-ring (bicyclic) bond motifs is 5. The summed E-state index contributed by atoms with van der Waals surface area (Å²) in [6.07, 6.45) is 9.72. The van der Waals surface area contributed by atoms with Gasteiger partial charge in [-0.3, -0.25) is 0 Å². The van der Waals surface area contributed by atoms with Gasteiger partial charge in [-0.1, -0.05) is 155 Å². The van der Waals surface area contributed by atoms with Crippen molar-refractivity contribution in [3.05, 3.63) is 116 Å². The molecule has 0 amide bonds. The zero-order valence-corrected chi connectivity index (χ0v) is 31.7. The van der Waals surface area contributed by atoms with Gasteiger partial charge in [0.15, 0.2) is 0 Å². The highest BCUT2D eigenvalue weighted by Gasteiger charge is 2.46. The Morgan fingerprint density at radius 2 is 1.06 bits per heavy atom. The zero-order valence-electron chi connectivity index (χ0n) is 31.7. The lowest BCUT2D eigenvalue weighted by molar-refractivity contribution is 0.331.